The van der Waals surface area contributed by atoms with Crippen molar-refractivity contribution >= 4 is 22.9 Å². The highest BCUT2D eigenvalue weighted by Crippen LogP contribution is 2.34. The van der Waals surface area contributed by atoms with E-state index in [4.69, 9.17) is 4.74 Å². The number of carbonyl (C=O) groups excluding carboxylic acids is 1. The second-order valence-corrected chi connectivity index (χ2v) is 7.27. The molecule has 6 nitrogen and oxygen atoms in total. The number of likely N-dealkylation sites (tertiary alicyclic amines) is 1. The molecule has 2 N–H and O–H groups in total. The molecule has 2 aromatic rings. The number of amides is 1. The SMILES string of the molecule is O=C1COc2ccc(-c3[nH]c(=O)sc3CN3CCCCC3)cc2N1. The number of ether oxygens (including phenoxy) is 1. The predicted octanol–water partition coefficient (Wildman–Crippen LogP) is 2.42. The van der Waals surface area contributed by atoms with E-state index in [1.54, 1.807) is 0 Å². The highest BCUT2D eigenvalue weighted by molar-refractivity contribution is 7.09. The Kier molecular flexibility index (Phi) is 4.12. The Balaban J connectivity index is 1.65. The van der Waals surface area contributed by atoms with Crippen LogP contribution in [0.3, 0.4) is 0 Å². The van der Waals surface area contributed by atoms with Gasteiger partial charge < -0.3 is 15.0 Å². The quantitative estimate of drug-likeness (QED) is 0.896. The number of thiazole rings is 1. The van der Waals surface area contributed by atoms with E-state index in [0.29, 0.717) is 11.4 Å². The summed E-state index contributed by atoms with van der Waals surface area (Å²) in [5.41, 5.74) is 2.39. The lowest BCUT2D eigenvalue weighted by Crippen LogP contribution is -2.28. The summed E-state index contributed by atoms with van der Waals surface area (Å²) in [4.78, 5) is 29.8. The summed E-state index contributed by atoms with van der Waals surface area (Å²) in [5.74, 6) is 0.500. The van der Waals surface area contributed by atoms with Gasteiger partial charge in [0.25, 0.3) is 5.91 Å². The van der Waals surface area contributed by atoms with Gasteiger partial charge in [-0.2, -0.15) is 0 Å². The zero-order chi connectivity index (χ0) is 16.5. The molecule has 3 heterocycles. The first-order valence-corrected chi connectivity index (χ1v) is 9.02. The van der Waals surface area contributed by atoms with Crippen LogP contribution < -0.4 is 14.9 Å². The molecule has 0 aliphatic carbocycles. The molecule has 1 aromatic carbocycles. The first-order chi connectivity index (χ1) is 11.7. The van der Waals surface area contributed by atoms with Crippen LogP contribution in [0, 0.1) is 0 Å². The van der Waals surface area contributed by atoms with Crippen LogP contribution in [0.5, 0.6) is 5.75 Å². The molecule has 24 heavy (non-hydrogen) atoms. The maximum atomic E-state index is 11.9. The summed E-state index contributed by atoms with van der Waals surface area (Å²) in [7, 11) is 0. The number of hydrogen-bond acceptors (Lipinski definition) is 5. The topological polar surface area (TPSA) is 74.4 Å². The molecule has 0 saturated carbocycles. The first-order valence-electron chi connectivity index (χ1n) is 8.20. The lowest BCUT2D eigenvalue weighted by molar-refractivity contribution is -0.118. The van der Waals surface area contributed by atoms with Crippen LogP contribution >= 0.6 is 11.3 Å². The number of H-pyrrole nitrogens is 1. The van der Waals surface area contributed by atoms with Crippen LogP contribution in [-0.4, -0.2) is 35.5 Å². The molecular weight excluding hydrogens is 326 g/mol. The molecule has 7 heteroatoms. The van der Waals surface area contributed by atoms with Gasteiger partial charge >= 0.3 is 4.87 Å². The number of benzene rings is 1. The summed E-state index contributed by atoms with van der Waals surface area (Å²) in [6.07, 6.45) is 3.73. The molecule has 4 rings (SSSR count). The standard InChI is InChI=1S/C17H19N3O3S/c21-15-10-23-13-5-4-11(8-12(13)18-15)16-14(24-17(22)19-16)9-20-6-2-1-3-7-20/h4-5,8H,1-3,6-7,9-10H2,(H,18,21)(H,19,22). The minimum absolute atomic E-state index is 0.0435. The molecule has 0 spiro atoms. The minimum atomic E-state index is -0.160. The zero-order valence-electron chi connectivity index (χ0n) is 13.3. The van der Waals surface area contributed by atoms with Gasteiger partial charge in [-0.3, -0.25) is 14.5 Å². The van der Waals surface area contributed by atoms with Crippen molar-refractivity contribution in [3.8, 4) is 17.0 Å². The van der Waals surface area contributed by atoms with Gasteiger partial charge in [-0.25, -0.2) is 0 Å². The normalized spacial score (nSPS) is 17.9. The fraction of sp³-hybridized carbons (Fsp3) is 0.412. The Morgan fingerprint density at radius 2 is 2.00 bits per heavy atom. The molecule has 2 aliphatic rings. The van der Waals surface area contributed by atoms with Gasteiger partial charge in [-0.15, -0.1) is 0 Å². The van der Waals surface area contributed by atoms with E-state index in [1.165, 1.54) is 30.6 Å². The number of nitrogens with zero attached hydrogens (tertiary/aromatic N) is 1. The molecule has 1 amide bonds. The Labute approximate surface area is 143 Å². The lowest BCUT2D eigenvalue weighted by Gasteiger charge is -2.26. The number of nitrogens with one attached hydrogen (secondary N) is 2. The van der Waals surface area contributed by atoms with E-state index in [0.717, 1.165) is 35.8 Å². The summed E-state index contributed by atoms with van der Waals surface area (Å²) < 4.78 is 5.39. The molecule has 0 unspecified atom stereocenters. The maximum Gasteiger partial charge on any atom is 0.305 e. The molecule has 0 atom stereocenters. The number of fused-ring (bicyclic) bond motifs is 1. The van der Waals surface area contributed by atoms with E-state index in [2.05, 4.69) is 15.2 Å². The highest BCUT2D eigenvalue weighted by Gasteiger charge is 2.20. The summed E-state index contributed by atoms with van der Waals surface area (Å²) >= 11 is 1.27. The average molecular weight is 345 g/mol. The summed E-state index contributed by atoms with van der Waals surface area (Å²) in [6.45, 7) is 3.00. The van der Waals surface area contributed by atoms with Crippen LogP contribution in [0.25, 0.3) is 11.3 Å². The molecule has 126 valence electrons. The largest absolute Gasteiger partial charge is 0.482 e. The van der Waals surface area contributed by atoms with Crippen LogP contribution in [0.4, 0.5) is 5.69 Å². The van der Waals surface area contributed by atoms with Gasteiger partial charge in [0, 0.05) is 17.0 Å². The molecule has 1 fully saturated rings. The predicted molar refractivity (Wildman–Crippen MR) is 93.6 cm³/mol. The van der Waals surface area contributed by atoms with Crippen molar-refractivity contribution in [3.05, 3.63) is 32.7 Å². The Bertz CT molecular complexity index is 821. The van der Waals surface area contributed by atoms with Gasteiger partial charge in [0.1, 0.15) is 5.75 Å². The monoisotopic (exact) mass is 345 g/mol. The number of anilines is 1. The summed E-state index contributed by atoms with van der Waals surface area (Å²) in [6, 6.07) is 5.63. The molecule has 1 saturated heterocycles. The third-order valence-corrected chi connectivity index (χ3v) is 5.31. The molecule has 0 radical (unpaired) electrons. The van der Waals surface area contributed by atoms with Crippen LogP contribution in [-0.2, 0) is 11.3 Å². The lowest BCUT2D eigenvalue weighted by atomic mass is 10.1. The number of carbonyl (C=O) groups is 1. The van der Waals surface area contributed by atoms with Crippen molar-refractivity contribution in [2.45, 2.75) is 25.8 Å². The number of rotatable bonds is 3. The number of aromatic amines is 1. The second-order valence-electron chi connectivity index (χ2n) is 6.20. The molecule has 1 aromatic heterocycles. The van der Waals surface area contributed by atoms with Gasteiger partial charge in [-0.05, 0) is 44.1 Å². The second kappa shape index (κ2) is 6.41. The highest BCUT2D eigenvalue weighted by atomic mass is 32.1. The third-order valence-electron chi connectivity index (χ3n) is 4.44. The fourth-order valence-corrected chi connectivity index (χ4v) is 4.16. The van der Waals surface area contributed by atoms with Crippen LogP contribution in [0.2, 0.25) is 0 Å². The van der Waals surface area contributed by atoms with Gasteiger partial charge in [0.15, 0.2) is 6.61 Å². The van der Waals surface area contributed by atoms with Crippen molar-refractivity contribution in [3.63, 3.8) is 0 Å². The van der Waals surface area contributed by atoms with Crippen molar-refractivity contribution in [1.82, 2.24) is 9.88 Å². The Hall–Kier alpha value is -2.12. The molecular formula is C17H19N3O3S. The number of piperidine rings is 1. The van der Waals surface area contributed by atoms with Gasteiger partial charge in [0.2, 0.25) is 0 Å². The fourth-order valence-electron chi connectivity index (χ4n) is 3.26. The van der Waals surface area contributed by atoms with Crippen molar-refractivity contribution in [2.75, 3.05) is 25.0 Å². The van der Waals surface area contributed by atoms with Crippen molar-refractivity contribution < 1.29 is 9.53 Å². The number of aromatic nitrogens is 1. The van der Waals surface area contributed by atoms with E-state index in [1.807, 2.05) is 18.2 Å². The van der Waals surface area contributed by atoms with Crippen LogP contribution in [0.1, 0.15) is 24.1 Å². The maximum absolute atomic E-state index is 11.9. The Morgan fingerprint density at radius 1 is 1.17 bits per heavy atom. The molecule has 0 bridgehead atoms. The van der Waals surface area contributed by atoms with Crippen molar-refractivity contribution in [2.24, 2.45) is 0 Å². The minimum Gasteiger partial charge on any atom is -0.482 e. The zero-order valence-corrected chi connectivity index (χ0v) is 14.1. The van der Waals surface area contributed by atoms with E-state index in [-0.39, 0.29) is 17.4 Å². The third kappa shape index (κ3) is 3.09. The van der Waals surface area contributed by atoms with Gasteiger partial charge in [-0.1, -0.05) is 17.8 Å². The van der Waals surface area contributed by atoms with E-state index in [9.17, 15) is 9.59 Å². The van der Waals surface area contributed by atoms with E-state index >= 15 is 0 Å². The smallest absolute Gasteiger partial charge is 0.305 e. The number of hydrogen-bond donors (Lipinski definition) is 2. The average Bonchev–Trinajstić information content (AvgIpc) is 2.95. The first kappa shape index (κ1) is 15.4. The molecule has 2 aliphatic heterocycles. The van der Waals surface area contributed by atoms with Crippen LogP contribution in [0.15, 0.2) is 23.0 Å². The van der Waals surface area contributed by atoms with Crippen molar-refractivity contribution in [1.29, 1.82) is 0 Å². The Morgan fingerprint density at radius 3 is 2.83 bits per heavy atom. The van der Waals surface area contributed by atoms with Gasteiger partial charge in [0.05, 0.1) is 11.4 Å². The van der Waals surface area contributed by atoms with E-state index < -0.39 is 0 Å². The summed E-state index contributed by atoms with van der Waals surface area (Å²) in [5, 5.41) is 2.81.